The van der Waals surface area contributed by atoms with Crippen LogP contribution in [0, 0.1) is 5.92 Å². The van der Waals surface area contributed by atoms with Crippen LogP contribution in [0.25, 0.3) is 16.7 Å². The molecule has 0 unspecified atom stereocenters. The van der Waals surface area contributed by atoms with Crippen molar-refractivity contribution in [2.75, 3.05) is 12.0 Å². The van der Waals surface area contributed by atoms with Crippen LogP contribution in [0.4, 0.5) is 0 Å². The van der Waals surface area contributed by atoms with Gasteiger partial charge in [0, 0.05) is 30.8 Å². The predicted molar refractivity (Wildman–Crippen MR) is 102 cm³/mol. The Kier molecular flexibility index (Phi) is 4.27. The molecule has 0 aromatic carbocycles. The second kappa shape index (κ2) is 6.35. The van der Waals surface area contributed by atoms with Crippen LogP contribution < -0.4 is 5.73 Å². The lowest BCUT2D eigenvalue weighted by atomic mass is 9.93. The highest BCUT2D eigenvalue weighted by atomic mass is 32.2. The molecule has 3 aromatic heterocycles. The highest BCUT2D eigenvalue weighted by Gasteiger charge is 2.35. The van der Waals surface area contributed by atoms with E-state index in [1.54, 1.807) is 6.20 Å². The van der Waals surface area contributed by atoms with Crippen LogP contribution in [0.1, 0.15) is 43.6 Å². The van der Waals surface area contributed by atoms with Crippen molar-refractivity contribution in [3.8, 4) is 0 Å². The number of aromatic nitrogens is 4. The summed E-state index contributed by atoms with van der Waals surface area (Å²) in [7, 11) is -3.05. The number of hydrogen-bond acceptors (Lipinski definition) is 5. The van der Waals surface area contributed by atoms with Gasteiger partial charge < -0.3 is 10.7 Å². The largest absolute Gasteiger partial charge is 0.345 e. The second-order valence-electron chi connectivity index (χ2n) is 7.49. The average Bonchev–Trinajstić information content (AvgIpc) is 3.27. The van der Waals surface area contributed by atoms with Crippen LogP contribution in [0.15, 0.2) is 18.5 Å². The zero-order chi connectivity index (χ0) is 18.5. The quantitative estimate of drug-likeness (QED) is 0.710. The zero-order valence-electron chi connectivity index (χ0n) is 15.1. The van der Waals surface area contributed by atoms with Crippen molar-refractivity contribution in [3.05, 3.63) is 30.0 Å². The predicted octanol–water partition coefficient (Wildman–Crippen LogP) is 2.03. The third-order valence-electron chi connectivity index (χ3n) is 5.57. The fourth-order valence-electron chi connectivity index (χ4n) is 4.30. The Hall–Kier alpha value is -1.93. The molecule has 1 fully saturated rings. The monoisotopic (exact) mass is 375 g/mol. The van der Waals surface area contributed by atoms with E-state index in [0.717, 1.165) is 47.5 Å². The molecule has 1 aliphatic carbocycles. The van der Waals surface area contributed by atoms with E-state index in [-0.39, 0.29) is 17.7 Å². The molecule has 3 N–H and O–H groups in total. The third kappa shape index (κ3) is 3.01. The lowest BCUT2D eigenvalue weighted by Crippen LogP contribution is -2.15. The number of nitrogens with one attached hydrogen (secondary N) is 1. The van der Waals surface area contributed by atoms with Gasteiger partial charge in [-0.25, -0.2) is 18.4 Å². The molecule has 4 rings (SSSR count). The van der Waals surface area contributed by atoms with E-state index < -0.39 is 9.84 Å². The number of imidazole rings is 1. The number of aryl methyl sites for hydroxylation is 1. The van der Waals surface area contributed by atoms with E-state index in [0.29, 0.717) is 12.3 Å². The number of rotatable bonds is 5. The molecule has 0 aliphatic heterocycles. The molecule has 0 spiro atoms. The molecule has 26 heavy (non-hydrogen) atoms. The van der Waals surface area contributed by atoms with E-state index in [9.17, 15) is 8.42 Å². The van der Waals surface area contributed by atoms with Crippen molar-refractivity contribution in [2.45, 2.75) is 44.6 Å². The van der Waals surface area contributed by atoms with Gasteiger partial charge in [0.1, 0.15) is 15.7 Å². The van der Waals surface area contributed by atoms with Crippen molar-refractivity contribution in [2.24, 2.45) is 11.7 Å². The first-order valence-corrected chi connectivity index (χ1v) is 11.2. The number of H-pyrrole nitrogens is 1. The maximum atomic E-state index is 11.6. The van der Waals surface area contributed by atoms with Crippen molar-refractivity contribution in [3.63, 3.8) is 0 Å². The van der Waals surface area contributed by atoms with E-state index in [1.807, 2.05) is 12.3 Å². The fourth-order valence-corrected chi connectivity index (χ4v) is 4.86. The van der Waals surface area contributed by atoms with Gasteiger partial charge in [0.2, 0.25) is 0 Å². The zero-order valence-corrected chi connectivity index (χ0v) is 16.0. The Balaban J connectivity index is 1.89. The van der Waals surface area contributed by atoms with Crippen molar-refractivity contribution >= 4 is 26.5 Å². The number of fused-ring (bicyclic) bond motifs is 3. The molecular weight excluding hydrogens is 350 g/mol. The first kappa shape index (κ1) is 17.5. The topological polar surface area (TPSA) is 106 Å². The summed E-state index contributed by atoms with van der Waals surface area (Å²) in [6.45, 7) is 2.20. The third-order valence-corrected chi connectivity index (χ3v) is 6.52. The summed E-state index contributed by atoms with van der Waals surface area (Å²) in [5.41, 5.74) is 9.73. The van der Waals surface area contributed by atoms with Gasteiger partial charge in [0.25, 0.3) is 0 Å². The van der Waals surface area contributed by atoms with Crippen LogP contribution in [0.5, 0.6) is 0 Å². The van der Waals surface area contributed by atoms with Gasteiger partial charge in [0.05, 0.1) is 28.7 Å². The highest BCUT2D eigenvalue weighted by Crippen LogP contribution is 2.41. The van der Waals surface area contributed by atoms with Crippen LogP contribution in [-0.4, -0.2) is 45.8 Å². The number of hydrogen-bond donors (Lipinski definition) is 2. The van der Waals surface area contributed by atoms with Crippen LogP contribution in [0.3, 0.4) is 0 Å². The normalized spacial score (nSPS) is 24.0. The molecule has 7 nitrogen and oxygen atoms in total. The highest BCUT2D eigenvalue weighted by molar-refractivity contribution is 7.90. The molecular formula is C18H25N5O2S. The van der Waals surface area contributed by atoms with Gasteiger partial charge in [0.15, 0.2) is 5.65 Å². The maximum Gasteiger partial charge on any atom is 0.154 e. The van der Waals surface area contributed by atoms with Crippen LogP contribution in [-0.2, 0) is 16.3 Å². The van der Waals surface area contributed by atoms with Gasteiger partial charge in [-0.05, 0) is 24.8 Å². The summed E-state index contributed by atoms with van der Waals surface area (Å²) < 4.78 is 25.4. The van der Waals surface area contributed by atoms with E-state index in [2.05, 4.69) is 21.3 Å². The Bertz CT molecular complexity index is 1050. The summed E-state index contributed by atoms with van der Waals surface area (Å²) in [6.07, 6.45) is 8.31. The van der Waals surface area contributed by atoms with Gasteiger partial charge in [-0.1, -0.05) is 13.3 Å². The summed E-state index contributed by atoms with van der Waals surface area (Å²) in [4.78, 5) is 12.6. The summed E-state index contributed by atoms with van der Waals surface area (Å²) in [5, 5.41) is 0. The Labute approximate surface area is 152 Å². The molecule has 1 aliphatic rings. The van der Waals surface area contributed by atoms with Crippen LogP contribution in [0.2, 0.25) is 0 Å². The van der Waals surface area contributed by atoms with Gasteiger partial charge in [-0.15, -0.1) is 0 Å². The minimum absolute atomic E-state index is 0.0890. The molecule has 1 saturated carbocycles. The van der Waals surface area contributed by atoms with Crippen molar-refractivity contribution in [1.29, 1.82) is 0 Å². The molecule has 140 valence electrons. The first-order valence-electron chi connectivity index (χ1n) is 9.14. The van der Waals surface area contributed by atoms with E-state index >= 15 is 0 Å². The second-order valence-corrected chi connectivity index (χ2v) is 9.75. The summed E-state index contributed by atoms with van der Waals surface area (Å²) in [5.74, 6) is 1.87. The minimum atomic E-state index is -3.05. The maximum absolute atomic E-state index is 11.6. The lowest BCUT2D eigenvalue weighted by molar-refractivity contribution is 0.451. The molecule has 8 heteroatoms. The van der Waals surface area contributed by atoms with Gasteiger partial charge in [-0.2, -0.15) is 0 Å². The van der Waals surface area contributed by atoms with Crippen molar-refractivity contribution in [1.82, 2.24) is 19.4 Å². The Morgan fingerprint density at radius 1 is 1.35 bits per heavy atom. The summed E-state index contributed by atoms with van der Waals surface area (Å²) >= 11 is 0. The minimum Gasteiger partial charge on any atom is -0.345 e. The number of nitrogens with two attached hydrogens (primary N) is 1. The molecule has 0 radical (unpaired) electrons. The SMILES string of the molecule is CC[C@@H]1C[C@H](N)C[C@@H]1c1nc(CCS(C)(=O)=O)c2cnc3[nH]ccc3n12. The number of aromatic amines is 1. The standard InChI is InChI=1S/C18H25N5O2S/c1-3-11-8-12(19)9-13(11)18-22-14(5-7-26(2,24)25)16-10-21-17-15(23(16)18)4-6-20-17/h4,6,10-13,20H,3,5,7-9,19H2,1-2H3/t11-,12+,13+/m1/s1. The number of sulfone groups is 1. The summed E-state index contributed by atoms with van der Waals surface area (Å²) in [6, 6.07) is 2.19. The molecule has 3 atom stereocenters. The molecule has 0 bridgehead atoms. The number of nitrogens with zero attached hydrogens (tertiary/aromatic N) is 3. The molecule has 3 aromatic rings. The van der Waals surface area contributed by atoms with Crippen molar-refractivity contribution < 1.29 is 8.42 Å². The van der Waals surface area contributed by atoms with Crippen LogP contribution >= 0.6 is 0 Å². The van der Waals surface area contributed by atoms with Gasteiger partial charge >= 0.3 is 0 Å². The van der Waals surface area contributed by atoms with E-state index in [4.69, 9.17) is 10.7 Å². The smallest absolute Gasteiger partial charge is 0.154 e. The first-order chi connectivity index (χ1) is 12.4. The van der Waals surface area contributed by atoms with E-state index in [1.165, 1.54) is 6.26 Å². The van der Waals surface area contributed by atoms with Gasteiger partial charge in [-0.3, -0.25) is 4.40 Å². The average molecular weight is 375 g/mol. The molecule has 0 saturated heterocycles. The fraction of sp³-hybridized carbons (Fsp3) is 0.556. The lowest BCUT2D eigenvalue weighted by Gasteiger charge is -2.17. The Morgan fingerprint density at radius 2 is 2.15 bits per heavy atom. The molecule has 0 amide bonds. The Morgan fingerprint density at radius 3 is 2.88 bits per heavy atom. The molecule has 3 heterocycles.